The Morgan fingerprint density at radius 1 is 0.889 bits per heavy atom. The third kappa shape index (κ3) is 33.2. The van der Waals surface area contributed by atoms with E-state index < -0.39 is 0 Å². The van der Waals surface area contributed by atoms with Crippen molar-refractivity contribution in [1.82, 2.24) is 0 Å². The Balaban J connectivity index is 0. The topological polar surface area (TPSA) is 98.3 Å². The van der Waals surface area contributed by atoms with Crippen LogP contribution in [0, 0.1) is 0 Å². The zero-order chi connectivity index (χ0) is 7.54. The maximum absolute atomic E-state index is 7.75. The summed E-state index contributed by atoms with van der Waals surface area (Å²) in [4.78, 5) is 0. The van der Waals surface area contributed by atoms with Crippen LogP contribution >= 0.6 is 0 Å². The molecule has 0 radical (unpaired) electrons. The van der Waals surface area contributed by atoms with Crippen LogP contribution in [0.5, 0.6) is 0 Å². The van der Waals surface area contributed by atoms with Gasteiger partial charge in [0, 0.05) is 6.54 Å². The van der Waals surface area contributed by atoms with Crippen LogP contribution in [0.15, 0.2) is 0 Å². The molecule has 0 saturated carbocycles. The van der Waals surface area contributed by atoms with Gasteiger partial charge in [0.1, 0.15) is 0 Å². The molecule has 0 saturated heterocycles. The van der Waals surface area contributed by atoms with Crippen LogP contribution in [-0.2, 0) is 0 Å². The molecule has 0 atom stereocenters. The third-order valence-electron chi connectivity index (χ3n) is 0.537. The molecule has 58 valence electrons. The fraction of sp³-hybridized carbons (Fsp3) is 1.00. The van der Waals surface area contributed by atoms with Crippen molar-refractivity contribution in [3.63, 3.8) is 0 Å². The zero-order valence-electron chi connectivity index (χ0n) is 5.71. The van der Waals surface area contributed by atoms with Gasteiger partial charge in [-0.3, -0.25) is 0 Å². The van der Waals surface area contributed by atoms with Crippen molar-refractivity contribution >= 4 is 0 Å². The first-order valence-corrected chi connectivity index (χ1v) is 3.04. The third-order valence-corrected chi connectivity index (χ3v) is 0.537. The second-order valence-electron chi connectivity index (χ2n) is 1.44. The Morgan fingerprint density at radius 3 is 1.22 bits per heavy atom. The molecule has 0 aliphatic rings. The van der Waals surface area contributed by atoms with E-state index >= 15 is 0 Å². The number of hydrogen-bond acceptors (Lipinski definition) is 4. The van der Waals surface area contributed by atoms with E-state index in [1.165, 1.54) is 0 Å². The summed E-state index contributed by atoms with van der Waals surface area (Å²) in [6, 6.07) is 0. The molecule has 7 N–H and O–H groups in total. The largest absolute Gasteiger partial charge is 0.395 e. The minimum atomic E-state index is 0.0972. The first-order valence-electron chi connectivity index (χ1n) is 3.04. The van der Waals surface area contributed by atoms with Crippen LogP contribution in [0.3, 0.4) is 0 Å². The highest BCUT2D eigenvalue weighted by Crippen LogP contribution is 1.58. The summed E-state index contributed by atoms with van der Waals surface area (Å²) >= 11 is 0. The Hall–Kier alpha value is -0.160. The van der Waals surface area contributed by atoms with Crippen LogP contribution in [0.25, 0.3) is 0 Å². The van der Waals surface area contributed by atoms with Gasteiger partial charge in [0.15, 0.2) is 0 Å². The van der Waals surface area contributed by atoms with Gasteiger partial charge in [0.05, 0.1) is 6.61 Å². The lowest BCUT2D eigenvalue weighted by Gasteiger charge is -1.81. The first kappa shape index (κ1) is 11.6. The maximum Gasteiger partial charge on any atom is 0.0553 e. The SMILES string of the molecule is NCCCN.NCCO. The molecule has 0 amide bonds. The van der Waals surface area contributed by atoms with Gasteiger partial charge >= 0.3 is 0 Å². The molecule has 0 aromatic carbocycles. The molecule has 0 bridgehead atoms. The number of hydrogen-bond donors (Lipinski definition) is 4. The van der Waals surface area contributed by atoms with Crippen molar-refractivity contribution < 1.29 is 5.11 Å². The molecule has 4 nitrogen and oxygen atoms in total. The number of aliphatic hydroxyl groups is 1. The van der Waals surface area contributed by atoms with Crippen LogP contribution < -0.4 is 17.2 Å². The highest BCUT2D eigenvalue weighted by atomic mass is 16.3. The van der Waals surface area contributed by atoms with Gasteiger partial charge in [0.2, 0.25) is 0 Å². The van der Waals surface area contributed by atoms with Gasteiger partial charge in [-0.25, -0.2) is 0 Å². The summed E-state index contributed by atoms with van der Waals surface area (Å²) in [6.45, 7) is 1.91. The molecule has 0 aliphatic carbocycles. The molecule has 9 heavy (non-hydrogen) atoms. The van der Waals surface area contributed by atoms with Crippen molar-refractivity contribution in [1.29, 1.82) is 0 Å². The summed E-state index contributed by atoms with van der Waals surface area (Å²) in [5.41, 5.74) is 14.9. The first-order chi connectivity index (χ1) is 4.33. The molecule has 0 fully saturated rings. The number of nitrogens with two attached hydrogens (primary N) is 3. The van der Waals surface area contributed by atoms with Crippen LogP contribution in [0.1, 0.15) is 6.42 Å². The lowest BCUT2D eigenvalue weighted by Crippen LogP contribution is -2.06. The lowest BCUT2D eigenvalue weighted by molar-refractivity contribution is 0.306. The Kier molecular flexibility index (Phi) is 20.2. The minimum absolute atomic E-state index is 0.0972. The Labute approximate surface area is 56.0 Å². The van der Waals surface area contributed by atoms with E-state index in [2.05, 4.69) is 0 Å². The zero-order valence-corrected chi connectivity index (χ0v) is 5.71. The summed E-state index contributed by atoms with van der Waals surface area (Å²) in [5.74, 6) is 0. The van der Waals surface area contributed by atoms with Gasteiger partial charge < -0.3 is 22.3 Å². The van der Waals surface area contributed by atoms with E-state index in [1.54, 1.807) is 0 Å². The van der Waals surface area contributed by atoms with E-state index in [-0.39, 0.29) is 6.61 Å². The van der Waals surface area contributed by atoms with Crippen molar-refractivity contribution in [2.24, 2.45) is 17.2 Å². The highest BCUT2D eigenvalue weighted by molar-refractivity contribution is 4.33. The van der Waals surface area contributed by atoms with Crippen LogP contribution in [0.4, 0.5) is 0 Å². The summed E-state index contributed by atoms with van der Waals surface area (Å²) in [6.07, 6.45) is 0.944. The lowest BCUT2D eigenvalue weighted by atomic mass is 10.4. The van der Waals surface area contributed by atoms with Crippen molar-refractivity contribution in [3.8, 4) is 0 Å². The molecule has 0 aliphatic heterocycles. The van der Waals surface area contributed by atoms with Crippen molar-refractivity contribution in [2.45, 2.75) is 6.42 Å². The van der Waals surface area contributed by atoms with E-state index in [0.717, 1.165) is 19.5 Å². The van der Waals surface area contributed by atoms with Gasteiger partial charge in [0.25, 0.3) is 0 Å². The second kappa shape index (κ2) is 15.7. The van der Waals surface area contributed by atoms with Gasteiger partial charge in [-0.15, -0.1) is 0 Å². The van der Waals surface area contributed by atoms with Crippen LogP contribution in [-0.4, -0.2) is 31.3 Å². The summed E-state index contributed by atoms with van der Waals surface area (Å²) in [5, 5.41) is 7.75. The van der Waals surface area contributed by atoms with E-state index in [1.807, 2.05) is 0 Å². The molecule has 0 spiro atoms. The predicted molar refractivity (Wildman–Crippen MR) is 38.9 cm³/mol. The second-order valence-corrected chi connectivity index (χ2v) is 1.44. The molecule has 0 heterocycles. The Morgan fingerprint density at radius 2 is 1.22 bits per heavy atom. The van der Waals surface area contributed by atoms with Crippen LogP contribution in [0.2, 0.25) is 0 Å². The average molecular weight is 135 g/mol. The van der Waals surface area contributed by atoms with Gasteiger partial charge in [-0.2, -0.15) is 0 Å². The average Bonchev–Trinajstić information content (AvgIpc) is 1.91. The van der Waals surface area contributed by atoms with E-state index in [0.29, 0.717) is 6.54 Å². The van der Waals surface area contributed by atoms with Gasteiger partial charge in [-0.05, 0) is 19.5 Å². The summed E-state index contributed by atoms with van der Waals surface area (Å²) < 4.78 is 0. The molecule has 0 aromatic heterocycles. The summed E-state index contributed by atoms with van der Waals surface area (Å²) in [7, 11) is 0. The van der Waals surface area contributed by atoms with E-state index in [9.17, 15) is 0 Å². The van der Waals surface area contributed by atoms with Gasteiger partial charge in [-0.1, -0.05) is 0 Å². The predicted octanol–water partition coefficient (Wildman–Crippen LogP) is -1.77. The molecular weight excluding hydrogens is 118 g/mol. The fourth-order valence-electron chi connectivity index (χ4n) is 0.118. The fourth-order valence-corrected chi connectivity index (χ4v) is 0.118. The standard InChI is InChI=1S/C3H10N2.C2H7NO/c4-2-1-3-5;3-1-2-4/h1-5H2;4H,1-3H2. The Bertz CT molecular complexity index is 31.4. The smallest absolute Gasteiger partial charge is 0.0553 e. The molecule has 4 heteroatoms. The minimum Gasteiger partial charge on any atom is -0.395 e. The van der Waals surface area contributed by atoms with E-state index in [4.69, 9.17) is 22.3 Å². The molecule has 0 rings (SSSR count). The molecule has 0 aromatic rings. The highest BCUT2D eigenvalue weighted by Gasteiger charge is 1.67. The normalized spacial score (nSPS) is 8.00. The molecule has 0 unspecified atom stereocenters. The quantitative estimate of drug-likeness (QED) is 0.368. The molecular formula is C5H17N3O. The van der Waals surface area contributed by atoms with Crippen molar-refractivity contribution in [3.05, 3.63) is 0 Å². The van der Waals surface area contributed by atoms with Crippen molar-refractivity contribution in [2.75, 3.05) is 26.2 Å². The number of rotatable bonds is 3. The monoisotopic (exact) mass is 135 g/mol. The number of aliphatic hydroxyl groups excluding tert-OH is 1. The maximum atomic E-state index is 7.75.